The number of ether oxygens (including phenoxy) is 1. The molecule has 0 saturated carbocycles. The molecule has 0 atom stereocenters. The third kappa shape index (κ3) is 4.62. The standard InChI is InChI=1S/C21H20N3O3/c1-17-7-2-3-10-20(17)21(25)18-8-6-11-23(14-18)15-27-16-24-12-5-4-9-19(24)13-22-26/h2-14H,15-16H2,1H3/q+1/p+1. The average Bonchev–Trinajstić information content (AvgIpc) is 2.70. The van der Waals surface area contributed by atoms with Crippen molar-refractivity contribution in [3.05, 3.63) is 95.6 Å². The van der Waals surface area contributed by atoms with Crippen LogP contribution >= 0.6 is 0 Å². The van der Waals surface area contributed by atoms with Crippen molar-refractivity contribution in [2.75, 3.05) is 0 Å². The Bertz CT molecular complexity index is 970. The van der Waals surface area contributed by atoms with Gasteiger partial charge in [-0.2, -0.15) is 9.13 Å². The highest BCUT2D eigenvalue weighted by Gasteiger charge is 2.15. The largest absolute Gasteiger partial charge is 0.411 e. The number of carbonyl (C=O) groups is 1. The zero-order chi connectivity index (χ0) is 19.1. The quantitative estimate of drug-likeness (QED) is 0.230. The number of oxime groups is 1. The summed E-state index contributed by atoms with van der Waals surface area (Å²) in [4.78, 5) is 12.7. The summed E-state index contributed by atoms with van der Waals surface area (Å²) < 4.78 is 9.35. The van der Waals surface area contributed by atoms with E-state index >= 15 is 0 Å². The molecule has 1 N–H and O–H groups in total. The molecule has 0 amide bonds. The van der Waals surface area contributed by atoms with Crippen LogP contribution in [0, 0.1) is 6.92 Å². The van der Waals surface area contributed by atoms with Gasteiger partial charge in [-0.05, 0) is 24.6 Å². The number of ketones is 1. The molecule has 136 valence electrons. The van der Waals surface area contributed by atoms with Crippen LogP contribution < -0.4 is 9.13 Å². The molecule has 6 nitrogen and oxygen atoms in total. The summed E-state index contributed by atoms with van der Waals surface area (Å²) in [5.74, 6) is -0.0127. The molecule has 0 bridgehead atoms. The van der Waals surface area contributed by atoms with Crippen molar-refractivity contribution >= 4 is 12.0 Å². The number of hydrogen-bond donors (Lipinski definition) is 1. The minimum absolute atomic E-state index is 0.0127. The van der Waals surface area contributed by atoms with E-state index in [0.717, 1.165) is 5.56 Å². The van der Waals surface area contributed by atoms with Crippen molar-refractivity contribution in [3.63, 3.8) is 0 Å². The second-order valence-electron chi connectivity index (χ2n) is 6.05. The molecule has 3 aromatic rings. The molecule has 6 heteroatoms. The Balaban J connectivity index is 1.68. The van der Waals surface area contributed by atoms with Crippen molar-refractivity contribution in [1.82, 2.24) is 0 Å². The molecule has 0 saturated heterocycles. The number of hydrogen-bond acceptors (Lipinski definition) is 4. The summed E-state index contributed by atoms with van der Waals surface area (Å²) in [6, 6.07) is 16.7. The second kappa shape index (κ2) is 8.82. The predicted molar refractivity (Wildman–Crippen MR) is 98.4 cm³/mol. The highest BCUT2D eigenvalue weighted by Crippen LogP contribution is 2.12. The molecule has 3 rings (SSSR count). The van der Waals surface area contributed by atoms with Gasteiger partial charge in [-0.25, -0.2) is 0 Å². The van der Waals surface area contributed by atoms with Crippen molar-refractivity contribution in [1.29, 1.82) is 0 Å². The Morgan fingerprint density at radius 1 is 1.07 bits per heavy atom. The molecular formula is C21H21N3O3+2. The first-order valence-electron chi connectivity index (χ1n) is 8.52. The zero-order valence-corrected chi connectivity index (χ0v) is 15.0. The van der Waals surface area contributed by atoms with E-state index in [2.05, 4.69) is 5.16 Å². The molecule has 0 aliphatic heterocycles. The summed E-state index contributed by atoms with van der Waals surface area (Å²) in [5.41, 5.74) is 2.97. The number of nitrogens with zero attached hydrogens (tertiary/aromatic N) is 3. The number of aryl methyl sites for hydroxylation is 1. The molecule has 0 fully saturated rings. The first-order valence-corrected chi connectivity index (χ1v) is 8.52. The van der Waals surface area contributed by atoms with E-state index in [-0.39, 0.29) is 19.2 Å². The second-order valence-corrected chi connectivity index (χ2v) is 6.05. The molecule has 27 heavy (non-hydrogen) atoms. The van der Waals surface area contributed by atoms with Crippen molar-refractivity contribution < 1.29 is 23.9 Å². The van der Waals surface area contributed by atoms with Gasteiger partial charge in [0.1, 0.15) is 6.21 Å². The minimum Gasteiger partial charge on any atom is -0.411 e. The van der Waals surface area contributed by atoms with Crippen molar-refractivity contribution in [3.8, 4) is 0 Å². The van der Waals surface area contributed by atoms with E-state index < -0.39 is 0 Å². The van der Waals surface area contributed by atoms with Crippen LogP contribution in [0.4, 0.5) is 0 Å². The van der Waals surface area contributed by atoms with Gasteiger partial charge in [0.25, 0.3) is 13.5 Å². The lowest BCUT2D eigenvalue weighted by Gasteiger charge is -2.04. The van der Waals surface area contributed by atoms with Crippen LogP contribution in [-0.4, -0.2) is 17.2 Å². The van der Waals surface area contributed by atoms with Gasteiger partial charge in [-0.1, -0.05) is 29.4 Å². The molecule has 1 aromatic carbocycles. The lowest BCUT2D eigenvalue weighted by atomic mass is 10.0. The fourth-order valence-electron chi connectivity index (χ4n) is 2.75. The van der Waals surface area contributed by atoms with Gasteiger partial charge in [0.05, 0.1) is 5.56 Å². The van der Waals surface area contributed by atoms with E-state index in [1.807, 2.05) is 77.0 Å². The topological polar surface area (TPSA) is 66.7 Å². The predicted octanol–water partition coefficient (Wildman–Crippen LogP) is 2.24. The molecule has 0 radical (unpaired) electrons. The third-order valence-corrected chi connectivity index (χ3v) is 4.15. The van der Waals surface area contributed by atoms with E-state index in [9.17, 15) is 4.79 Å². The van der Waals surface area contributed by atoms with E-state index in [1.54, 1.807) is 12.3 Å². The molecule has 0 aliphatic carbocycles. The lowest BCUT2D eigenvalue weighted by molar-refractivity contribution is -0.788. The molecule has 2 heterocycles. The molecule has 0 spiro atoms. The smallest absolute Gasteiger partial charge is 0.258 e. The summed E-state index contributed by atoms with van der Waals surface area (Å²) in [7, 11) is 0. The summed E-state index contributed by atoms with van der Waals surface area (Å²) in [6.45, 7) is 2.50. The molecule has 2 aromatic heterocycles. The van der Waals surface area contributed by atoms with Crippen LogP contribution in [0.15, 0.2) is 78.3 Å². The van der Waals surface area contributed by atoms with Gasteiger partial charge in [0, 0.05) is 23.8 Å². The van der Waals surface area contributed by atoms with Gasteiger partial charge in [-0.15, -0.1) is 0 Å². The maximum atomic E-state index is 12.7. The van der Waals surface area contributed by atoms with Crippen LogP contribution in [0.3, 0.4) is 0 Å². The number of aromatic nitrogens is 2. The van der Waals surface area contributed by atoms with Crippen LogP contribution in [0.25, 0.3) is 0 Å². The summed E-state index contributed by atoms with van der Waals surface area (Å²) in [5, 5.41) is 11.8. The third-order valence-electron chi connectivity index (χ3n) is 4.15. The minimum atomic E-state index is -0.0127. The SMILES string of the molecule is Cc1ccccc1C(=O)c1ccc[n+](COC[n+]2ccccc2C=NO)c1. The Morgan fingerprint density at radius 3 is 2.70 bits per heavy atom. The number of pyridine rings is 2. The zero-order valence-electron chi connectivity index (χ0n) is 15.0. The summed E-state index contributed by atoms with van der Waals surface area (Å²) in [6.07, 6.45) is 6.80. The Hall–Kier alpha value is -3.38. The van der Waals surface area contributed by atoms with Gasteiger partial charge < -0.3 is 5.21 Å². The van der Waals surface area contributed by atoms with Crippen molar-refractivity contribution in [2.24, 2.45) is 5.16 Å². The fourth-order valence-corrected chi connectivity index (χ4v) is 2.75. The maximum absolute atomic E-state index is 12.7. The maximum Gasteiger partial charge on any atom is 0.258 e. The van der Waals surface area contributed by atoms with Crippen LogP contribution in [0.1, 0.15) is 27.2 Å². The Morgan fingerprint density at radius 2 is 1.89 bits per heavy atom. The Kier molecular flexibility index (Phi) is 6.02. The highest BCUT2D eigenvalue weighted by molar-refractivity contribution is 6.09. The van der Waals surface area contributed by atoms with Crippen LogP contribution in [0.2, 0.25) is 0 Å². The average molecular weight is 363 g/mol. The van der Waals surface area contributed by atoms with Gasteiger partial charge in [-0.3, -0.25) is 9.53 Å². The lowest BCUT2D eigenvalue weighted by Crippen LogP contribution is -2.43. The van der Waals surface area contributed by atoms with Crippen molar-refractivity contribution in [2.45, 2.75) is 20.4 Å². The molecule has 0 aliphatic rings. The van der Waals surface area contributed by atoms with E-state index in [4.69, 9.17) is 9.94 Å². The first kappa shape index (κ1) is 18.4. The summed E-state index contributed by atoms with van der Waals surface area (Å²) >= 11 is 0. The first-order chi connectivity index (χ1) is 13.2. The van der Waals surface area contributed by atoms with Crippen LogP contribution in [0.5, 0.6) is 0 Å². The molecule has 0 unspecified atom stereocenters. The van der Waals surface area contributed by atoms with Crippen LogP contribution in [-0.2, 0) is 18.2 Å². The number of rotatable bonds is 7. The fraction of sp³-hybridized carbons (Fsp3) is 0.143. The van der Waals surface area contributed by atoms with Gasteiger partial charge in [0.15, 0.2) is 24.4 Å². The number of carbonyl (C=O) groups excluding carboxylic acids is 1. The normalized spacial score (nSPS) is 11.0. The monoisotopic (exact) mass is 363 g/mol. The van der Waals surface area contributed by atoms with E-state index in [1.165, 1.54) is 6.21 Å². The highest BCUT2D eigenvalue weighted by atomic mass is 16.5. The molecular weight excluding hydrogens is 342 g/mol. The van der Waals surface area contributed by atoms with Gasteiger partial charge in [0.2, 0.25) is 5.69 Å². The Labute approximate surface area is 157 Å². The van der Waals surface area contributed by atoms with E-state index in [0.29, 0.717) is 16.8 Å². The number of benzene rings is 1. The van der Waals surface area contributed by atoms with Gasteiger partial charge >= 0.3 is 0 Å².